The molecule has 1 aromatic heterocycles. The van der Waals surface area contributed by atoms with Gasteiger partial charge in [0.25, 0.3) is 0 Å². The third kappa shape index (κ3) is 2.62. The number of nitrogens with zero attached hydrogens (tertiary/aromatic N) is 1. The second-order valence-corrected chi connectivity index (χ2v) is 6.88. The Kier molecular flexibility index (Phi) is 4.01. The molecule has 0 aliphatic heterocycles. The molecule has 5 rings (SSSR count). The van der Waals surface area contributed by atoms with E-state index >= 15 is 0 Å². The summed E-state index contributed by atoms with van der Waals surface area (Å²) in [7, 11) is -1.53. The van der Waals surface area contributed by atoms with Gasteiger partial charge in [0.05, 0.1) is 11.0 Å². The SMILES string of the molecule is OB(O)c1cccc2c3ccccc3n(-c3ccc(-c4ccccc4)cc3)c12. The first-order valence-corrected chi connectivity index (χ1v) is 9.28. The van der Waals surface area contributed by atoms with E-state index in [1.807, 2.05) is 42.5 Å². The summed E-state index contributed by atoms with van der Waals surface area (Å²) in [4.78, 5) is 0. The molecule has 134 valence electrons. The number of rotatable bonds is 3. The Bertz CT molecular complexity index is 1280. The molecule has 1 heterocycles. The van der Waals surface area contributed by atoms with Crippen molar-refractivity contribution in [2.45, 2.75) is 0 Å². The van der Waals surface area contributed by atoms with Gasteiger partial charge < -0.3 is 14.6 Å². The molecule has 0 unspecified atom stereocenters. The van der Waals surface area contributed by atoms with Crippen molar-refractivity contribution in [3.63, 3.8) is 0 Å². The number of para-hydroxylation sites is 2. The van der Waals surface area contributed by atoms with Crippen molar-refractivity contribution < 1.29 is 10.0 Å². The Morgan fingerprint density at radius 1 is 0.571 bits per heavy atom. The largest absolute Gasteiger partial charge is 0.490 e. The summed E-state index contributed by atoms with van der Waals surface area (Å²) in [5.41, 5.74) is 5.67. The zero-order chi connectivity index (χ0) is 19.1. The summed E-state index contributed by atoms with van der Waals surface area (Å²) in [5.74, 6) is 0. The van der Waals surface area contributed by atoms with Gasteiger partial charge >= 0.3 is 7.12 Å². The van der Waals surface area contributed by atoms with Gasteiger partial charge in [0.2, 0.25) is 0 Å². The molecular formula is C24H18BNO2. The lowest BCUT2D eigenvalue weighted by Gasteiger charge is -2.12. The first-order chi connectivity index (χ1) is 13.7. The van der Waals surface area contributed by atoms with Crippen molar-refractivity contribution in [3.05, 3.63) is 97.1 Å². The van der Waals surface area contributed by atoms with Crippen LogP contribution in [0, 0.1) is 0 Å². The lowest BCUT2D eigenvalue weighted by molar-refractivity contribution is 0.426. The van der Waals surface area contributed by atoms with Crippen LogP contribution in [0.5, 0.6) is 0 Å². The normalized spacial score (nSPS) is 11.2. The van der Waals surface area contributed by atoms with Gasteiger partial charge in [-0.2, -0.15) is 0 Å². The zero-order valence-corrected chi connectivity index (χ0v) is 15.2. The highest BCUT2D eigenvalue weighted by Crippen LogP contribution is 2.32. The van der Waals surface area contributed by atoms with E-state index in [0.29, 0.717) is 5.46 Å². The first-order valence-electron chi connectivity index (χ1n) is 9.28. The fourth-order valence-corrected chi connectivity index (χ4v) is 3.96. The van der Waals surface area contributed by atoms with Crippen LogP contribution in [0.1, 0.15) is 0 Å². The average Bonchev–Trinajstić information content (AvgIpc) is 3.09. The summed E-state index contributed by atoms with van der Waals surface area (Å²) in [5, 5.41) is 22.0. The van der Waals surface area contributed by atoms with Crippen LogP contribution < -0.4 is 5.46 Å². The van der Waals surface area contributed by atoms with E-state index in [1.54, 1.807) is 6.07 Å². The fraction of sp³-hybridized carbons (Fsp3) is 0. The van der Waals surface area contributed by atoms with E-state index in [-0.39, 0.29) is 0 Å². The molecule has 0 bridgehead atoms. The zero-order valence-electron chi connectivity index (χ0n) is 15.2. The molecule has 0 aliphatic rings. The molecular weight excluding hydrogens is 345 g/mol. The van der Waals surface area contributed by atoms with E-state index in [4.69, 9.17) is 0 Å². The lowest BCUT2D eigenvalue weighted by Crippen LogP contribution is -2.31. The predicted molar refractivity (Wildman–Crippen MR) is 116 cm³/mol. The predicted octanol–water partition coefficient (Wildman–Crippen LogP) is 4.13. The van der Waals surface area contributed by atoms with Gasteiger partial charge in [0, 0.05) is 21.9 Å². The van der Waals surface area contributed by atoms with Gasteiger partial charge in [-0.15, -0.1) is 0 Å². The number of benzene rings is 4. The molecule has 3 nitrogen and oxygen atoms in total. The van der Waals surface area contributed by atoms with Crippen LogP contribution in [0.15, 0.2) is 97.1 Å². The highest BCUT2D eigenvalue weighted by molar-refractivity contribution is 6.62. The quantitative estimate of drug-likeness (QED) is 0.474. The minimum absolute atomic E-state index is 0.501. The van der Waals surface area contributed by atoms with E-state index in [9.17, 15) is 10.0 Å². The maximum Gasteiger partial charge on any atom is 0.490 e. The molecule has 4 heteroatoms. The minimum Gasteiger partial charge on any atom is -0.423 e. The van der Waals surface area contributed by atoms with Crippen molar-refractivity contribution in [1.29, 1.82) is 0 Å². The Labute approximate surface area is 163 Å². The summed E-state index contributed by atoms with van der Waals surface area (Å²) >= 11 is 0. The number of aromatic nitrogens is 1. The molecule has 0 radical (unpaired) electrons. The van der Waals surface area contributed by atoms with E-state index in [1.165, 1.54) is 5.56 Å². The van der Waals surface area contributed by atoms with Gasteiger partial charge in [-0.1, -0.05) is 78.9 Å². The topological polar surface area (TPSA) is 45.4 Å². The third-order valence-electron chi connectivity index (χ3n) is 5.24. The Balaban J connectivity index is 1.78. The van der Waals surface area contributed by atoms with Crippen LogP contribution in [0.2, 0.25) is 0 Å². The standard InChI is InChI=1S/C24H18BNO2/c27-25(28)22-11-6-10-21-20-9-4-5-12-23(20)26(24(21)22)19-15-13-18(14-16-19)17-7-2-1-3-8-17/h1-16,27-28H. The second kappa shape index (κ2) is 6.68. The van der Waals surface area contributed by atoms with Crippen molar-refractivity contribution in [1.82, 2.24) is 4.57 Å². The third-order valence-corrected chi connectivity index (χ3v) is 5.24. The number of fused-ring (bicyclic) bond motifs is 3. The average molecular weight is 363 g/mol. The van der Waals surface area contributed by atoms with Gasteiger partial charge in [-0.3, -0.25) is 0 Å². The molecule has 0 spiro atoms. The van der Waals surface area contributed by atoms with Gasteiger partial charge in [0.1, 0.15) is 0 Å². The van der Waals surface area contributed by atoms with E-state index in [2.05, 4.69) is 53.1 Å². The van der Waals surface area contributed by atoms with Gasteiger partial charge in [-0.05, 0) is 29.3 Å². The summed E-state index contributed by atoms with van der Waals surface area (Å²) in [6, 6.07) is 32.4. The molecule has 4 aromatic carbocycles. The molecule has 2 N–H and O–H groups in total. The molecule has 0 atom stereocenters. The van der Waals surface area contributed by atoms with Gasteiger partial charge in [-0.25, -0.2) is 0 Å². The first kappa shape index (κ1) is 16.8. The van der Waals surface area contributed by atoms with Crippen LogP contribution >= 0.6 is 0 Å². The summed E-state index contributed by atoms with van der Waals surface area (Å²) < 4.78 is 2.11. The smallest absolute Gasteiger partial charge is 0.423 e. The molecule has 0 saturated carbocycles. The maximum atomic E-state index is 9.95. The van der Waals surface area contributed by atoms with Crippen LogP contribution in [0.4, 0.5) is 0 Å². The summed E-state index contributed by atoms with van der Waals surface area (Å²) in [6.07, 6.45) is 0. The fourth-order valence-electron chi connectivity index (χ4n) is 3.96. The lowest BCUT2D eigenvalue weighted by atomic mass is 9.79. The Morgan fingerprint density at radius 2 is 1.21 bits per heavy atom. The van der Waals surface area contributed by atoms with Crippen molar-refractivity contribution >= 4 is 34.4 Å². The Hall–Kier alpha value is -3.34. The minimum atomic E-state index is -1.53. The van der Waals surface area contributed by atoms with Crippen molar-refractivity contribution in [3.8, 4) is 16.8 Å². The van der Waals surface area contributed by atoms with E-state index < -0.39 is 7.12 Å². The summed E-state index contributed by atoms with van der Waals surface area (Å²) in [6.45, 7) is 0. The molecule has 0 fully saturated rings. The van der Waals surface area contributed by atoms with Crippen molar-refractivity contribution in [2.75, 3.05) is 0 Å². The molecule has 0 aliphatic carbocycles. The molecule has 0 amide bonds. The van der Waals surface area contributed by atoms with Crippen molar-refractivity contribution in [2.24, 2.45) is 0 Å². The highest BCUT2D eigenvalue weighted by atomic mass is 16.4. The second-order valence-electron chi connectivity index (χ2n) is 6.88. The number of hydrogen-bond donors (Lipinski definition) is 2. The van der Waals surface area contributed by atoms with Crippen LogP contribution in [-0.2, 0) is 0 Å². The molecule has 5 aromatic rings. The molecule has 0 saturated heterocycles. The van der Waals surface area contributed by atoms with E-state index in [0.717, 1.165) is 33.1 Å². The molecule has 28 heavy (non-hydrogen) atoms. The van der Waals surface area contributed by atoms with Crippen LogP contribution in [0.25, 0.3) is 38.6 Å². The Morgan fingerprint density at radius 3 is 1.96 bits per heavy atom. The number of hydrogen-bond acceptors (Lipinski definition) is 2. The highest BCUT2D eigenvalue weighted by Gasteiger charge is 2.21. The maximum absolute atomic E-state index is 9.95. The van der Waals surface area contributed by atoms with Crippen LogP contribution in [-0.4, -0.2) is 21.7 Å². The van der Waals surface area contributed by atoms with Crippen LogP contribution in [0.3, 0.4) is 0 Å². The van der Waals surface area contributed by atoms with Gasteiger partial charge in [0.15, 0.2) is 0 Å². The monoisotopic (exact) mass is 363 g/mol.